The van der Waals surface area contributed by atoms with E-state index in [4.69, 9.17) is 12.2 Å². The Balaban J connectivity index is 2.07. The van der Waals surface area contributed by atoms with Gasteiger partial charge in [0, 0.05) is 11.1 Å². The summed E-state index contributed by atoms with van der Waals surface area (Å²) < 4.78 is 2.06. The lowest BCUT2D eigenvalue weighted by Crippen LogP contribution is -2.31. The minimum Gasteiger partial charge on any atom is -0.331 e. The van der Waals surface area contributed by atoms with Crippen LogP contribution in [-0.4, -0.2) is 9.55 Å². The molecule has 0 bridgehead atoms. The molecule has 1 aliphatic rings. The first-order valence-electron chi connectivity index (χ1n) is 8.61. The second-order valence-electron chi connectivity index (χ2n) is 6.91. The summed E-state index contributed by atoms with van der Waals surface area (Å²) in [5.74, 6) is 0.549. The van der Waals surface area contributed by atoms with Gasteiger partial charge in [0.05, 0.1) is 11.4 Å². The lowest BCUT2D eigenvalue weighted by molar-refractivity contribution is 0.484. The summed E-state index contributed by atoms with van der Waals surface area (Å²) in [4.78, 5) is 16.8. The van der Waals surface area contributed by atoms with Gasteiger partial charge in [-0.2, -0.15) is 0 Å². The monoisotopic (exact) mass is 348 g/mol. The van der Waals surface area contributed by atoms with Gasteiger partial charge in [-0.25, -0.2) is 0 Å². The van der Waals surface area contributed by atoms with Crippen LogP contribution < -0.4 is 5.56 Å². The Labute approximate surface area is 152 Å². The van der Waals surface area contributed by atoms with Crippen LogP contribution in [0.25, 0.3) is 16.9 Å². The van der Waals surface area contributed by atoms with Gasteiger partial charge in [0.1, 0.15) is 0 Å². The van der Waals surface area contributed by atoms with Crippen molar-refractivity contribution in [1.82, 2.24) is 9.55 Å². The zero-order chi connectivity index (χ0) is 17.6. The van der Waals surface area contributed by atoms with Crippen molar-refractivity contribution >= 4 is 12.2 Å². The molecule has 1 aromatic heterocycles. The van der Waals surface area contributed by atoms with Gasteiger partial charge in [-0.05, 0) is 48.2 Å². The highest BCUT2D eigenvalue weighted by Crippen LogP contribution is 2.40. The Hall–Kier alpha value is -2.46. The molecule has 126 valence electrons. The predicted octanol–water partition coefficient (Wildman–Crippen LogP) is 4.86. The molecule has 4 heteroatoms. The smallest absolute Gasteiger partial charge is 0.262 e. The molecule has 0 saturated heterocycles. The molecule has 1 N–H and O–H groups in total. The molecule has 0 fully saturated rings. The van der Waals surface area contributed by atoms with E-state index in [1.54, 1.807) is 4.57 Å². The van der Waals surface area contributed by atoms with Crippen LogP contribution in [0.15, 0.2) is 59.4 Å². The number of para-hydroxylation sites is 1. The van der Waals surface area contributed by atoms with E-state index in [2.05, 4.69) is 37.0 Å². The number of nitrogens with zero attached hydrogens (tertiary/aromatic N) is 1. The quantitative estimate of drug-likeness (QED) is 0.672. The summed E-state index contributed by atoms with van der Waals surface area (Å²) in [5, 5.41) is 0. The van der Waals surface area contributed by atoms with Crippen LogP contribution in [0, 0.1) is 10.7 Å². The minimum atomic E-state index is -0.00171. The van der Waals surface area contributed by atoms with E-state index >= 15 is 0 Å². The summed E-state index contributed by atoms with van der Waals surface area (Å²) >= 11 is 5.55. The molecule has 0 amide bonds. The third-order valence-corrected chi connectivity index (χ3v) is 5.34. The van der Waals surface area contributed by atoms with Crippen LogP contribution >= 0.6 is 12.2 Å². The first-order valence-corrected chi connectivity index (χ1v) is 9.01. The summed E-state index contributed by atoms with van der Waals surface area (Å²) in [6.07, 6.45) is 0.884. The van der Waals surface area contributed by atoms with E-state index in [1.807, 2.05) is 36.4 Å². The molecule has 25 heavy (non-hydrogen) atoms. The Morgan fingerprint density at radius 2 is 1.76 bits per heavy atom. The van der Waals surface area contributed by atoms with Gasteiger partial charge in [-0.15, -0.1) is 0 Å². The van der Waals surface area contributed by atoms with Crippen LogP contribution in [0.2, 0.25) is 0 Å². The van der Waals surface area contributed by atoms with Gasteiger partial charge < -0.3 is 4.98 Å². The summed E-state index contributed by atoms with van der Waals surface area (Å²) in [7, 11) is 0. The molecule has 0 radical (unpaired) electrons. The molecule has 2 aromatic carbocycles. The van der Waals surface area contributed by atoms with Gasteiger partial charge >= 0.3 is 0 Å². The van der Waals surface area contributed by atoms with Crippen LogP contribution in [0.5, 0.6) is 0 Å². The number of fused-ring (bicyclic) bond motifs is 3. The maximum atomic E-state index is 13.4. The largest absolute Gasteiger partial charge is 0.331 e. The second-order valence-corrected chi connectivity index (χ2v) is 7.29. The summed E-state index contributed by atoms with van der Waals surface area (Å²) in [6.45, 7) is 4.35. The number of aromatic amines is 1. The highest BCUT2D eigenvalue weighted by Gasteiger charge is 2.31. The molecular weight excluding hydrogens is 328 g/mol. The average Bonchev–Trinajstić information content (AvgIpc) is 2.61. The van der Waals surface area contributed by atoms with Crippen molar-refractivity contribution in [3.8, 4) is 16.9 Å². The predicted molar refractivity (Wildman–Crippen MR) is 104 cm³/mol. The molecule has 3 nitrogen and oxygen atoms in total. The molecule has 0 spiro atoms. The van der Waals surface area contributed by atoms with E-state index in [-0.39, 0.29) is 11.5 Å². The minimum absolute atomic E-state index is 0.00171. The highest BCUT2D eigenvalue weighted by molar-refractivity contribution is 7.71. The van der Waals surface area contributed by atoms with Crippen molar-refractivity contribution in [3.05, 3.63) is 80.8 Å². The van der Waals surface area contributed by atoms with Crippen molar-refractivity contribution in [2.24, 2.45) is 5.92 Å². The lowest BCUT2D eigenvalue weighted by atomic mass is 9.76. The SMILES string of the molecule is CC(C)C1Cc2ccccc2-c2[nH]c(=S)n(-c3ccccc3)c(=O)c21. The number of hydrogen-bond donors (Lipinski definition) is 1. The first kappa shape index (κ1) is 16.0. The Bertz CT molecular complexity index is 1050. The van der Waals surface area contributed by atoms with Gasteiger partial charge in [0.25, 0.3) is 5.56 Å². The molecule has 4 rings (SSSR count). The topological polar surface area (TPSA) is 37.8 Å². The van der Waals surface area contributed by atoms with Crippen LogP contribution in [0.3, 0.4) is 0 Å². The van der Waals surface area contributed by atoms with Crippen LogP contribution in [0.4, 0.5) is 0 Å². The van der Waals surface area contributed by atoms with Crippen molar-refractivity contribution in [3.63, 3.8) is 0 Å². The number of aromatic nitrogens is 2. The highest BCUT2D eigenvalue weighted by atomic mass is 32.1. The fourth-order valence-electron chi connectivity index (χ4n) is 3.77. The van der Waals surface area contributed by atoms with Gasteiger partial charge in [-0.3, -0.25) is 9.36 Å². The van der Waals surface area contributed by atoms with E-state index in [0.29, 0.717) is 10.7 Å². The summed E-state index contributed by atoms with van der Waals surface area (Å²) in [6, 6.07) is 17.9. The number of rotatable bonds is 2. The summed E-state index contributed by atoms with van der Waals surface area (Å²) in [5.41, 5.74) is 4.92. The Morgan fingerprint density at radius 1 is 1.08 bits per heavy atom. The van der Waals surface area contributed by atoms with E-state index < -0.39 is 0 Å². The zero-order valence-corrected chi connectivity index (χ0v) is 15.1. The molecule has 0 aliphatic heterocycles. The molecule has 1 atom stereocenters. The molecule has 3 aromatic rings. The number of nitrogens with one attached hydrogen (secondary N) is 1. The second kappa shape index (κ2) is 6.12. The van der Waals surface area contributed by atoms with E-state index in [9.17, 15) is 4.79 Å². The Morgan fingerprint density at radius 3 is 2.48 bits per heavy atom. The third-order valence-electron chi connectivity index (χ3n) is 5.05. The van der Waals surface area contributed by atoms with Crippen molar-refractivity contribution in [2.75, 3.05) is 0 Å². The van der Waals surface area contributed by atoms with Gasteiger partial charge in [0.15, 0.2) is 4.77 Å². The lowest BCUT2D eigenvalue weighted by Gasteiger charge is -2.30. The van der Waals surface area contributed by atoms with Crippen LogP contribution in [0.1, 0.15) is 30.9 Å². The van der Waals surface area contributed by atoms with Gasteiger partial charge in [0.2, 0.25) is 0 Å². The fraction of sp³-hybridized carbons (Fsp3) is 0.238. The molecule has 1 heterocycles. The van der Waals surface area contributed by atoms with Crippen LogP contribution in [-0.2, 0) is 6.42 Å². The van der Waals surface area contributed by atoms with E-state index in [1.165, 1.54) is 5.56 Å². The number of hydrogen-bond acceptors (Lipinski definition) is 2. The molecule has 0 saturated carbocycles. The standard InChI is InChI=1S/C21H20N2OS/c1-13(2)17-12-14-8-6-7-11-16(14)19-18(17)20(24)23(21(25)22-19)15-9-4-3-5-10-15/h3-11,13,17H,12H2,1-2H3,(H,22,25). The number of H-pyrrole nitrogens is 1. The maximum absolute atomic E-state index is 13.4. The zero-order valence-electron chi connectivity index (χ0n) is 14.3. The van der Waals surface area contributed by atoms with Crippen molar-refractivity contribution < 1.29 is 0 Å². The normalized spacial score (nSPS) is 15.7. The van der Waals surface area contributed by atoms with Crippen molar-refractivity contribution in [1.29, 1.82) is 0 Å². The average molecular weight is 348 g/mol. The third kappa shape index (κ3) is 2.57. The maximum Gasteiger partial charge on any atom is 0.262 e. The molecule has 1 aliphatic carbocycles. The van der Waals surface area contributed by atoms with Crippen molar-refractivity contribution in [2.45, 2.75) is 26.2 Å². The van der Waals surface area contributed by atoms with Gasteiger partial charge in [-0.1, -0.05) is 56.3 Å². The van der Waals surface area contributed by atoms with E-state index in [0.717, 1.165) is 28.9 Å². The molecular formula is C21H20N2OS. The first-order chi connectivity index (χ1) is 12.1. The Kier molecular flexibility index (Phi) is 3.92. The fourth-order valence-corrected chi connectivity index (χ4v) is 4.06. The number of benzene rings is 2. The molecule has 1 unspecified atom stereocenters.